The summed E-state index contributed by atoms with van der Waals surface area (Å²) >= 11 is 3.73. The van der Waals surface area contributed by atoms with Gasteiger partial charge in [-0.1, -0.05) is 83.0 Å². The Morgan fingerprint density at radius 2 is 1.14 bits per heavy atom. The van der Waals surface area contributed by atoms with Crippen molar-refractivity contribution < 1.29 is 54.6 Å². The van der Waals surface area contributed by atoms with Crippen molar-refractivity contribution in [2.45, 2.75) is 45.8 Å². The second kappa shape index (κ2) is 18.5. The van der Waals surface area contributed by atoms with E-state index in [-0.39, 0.29) is 9.90 Å². The lowest BCUT2D eigenvalue weighted by molar-refractivity contribution is -0.134. The van der Waals surface area contributed by atoms with Gasteiger partial charge in [0.1, 0.15) is 35.6 Å². The molecule has 0 radical (unpaired) electrons. The van der Waals surface area contributed by atoms with Crippen LogP contribution in [-0.4, -0.2) is 102 Å². The maximum absolute atomic E-state index is 13.0. The standard InChI is InChI=1S/C14H14F3N3O4S2.C14H14F3N3O2S2/c1-26(23,24)14-20-19-13(25-14)8-4-2-7(3-5-8)10(21)9(6-15)18-12(22)11(16)17;1-23-14-20-19-13(24-14)8-4-2-7(3-5-8)10(21)9(6-15)18-12(22)11(16)17/h2-5,9-11,21H,6H2,1H3,(H,18,22);2-5,9-11,21H,6H2,1H3,(H,18,22)/t2*9-,10-/m11/s1. The lowest BCUT2D eigenvalue weighted by atomic mass is 10.0. The van der Waals surface area contributed by atoms with Crippen molar-refractivity contribution in [2.24, 2.45) is 0 Å². The number of carbonyl (C=O) groups excluding carboxylic acids is 2. The normalized spacial score (nSPS) is 14.0. The number of sulfone groups is 1. The van der Waals surface area contributed by atoms with Gasteiger partial charge in [0, 0.05) is 17.4 Å². The van der Waals surface area contributed by atoms with E-state index >= 15 is 0 Å². The quantitative estimate of drug-likeness (QED) is 0.107. The van der Waals surface area contributed by atoms with Crippen LogP contribution in [0.2, 0.25) is 0 Å². The molecule has 0 aliphatic heterocycles. The number of benzene rings is 2. The van der Waals surface area contributed by atoms with Gasteiger partial charge in [-0.3, -0.25) is 9.59 Å². The fourth-order valence-electron chi connectivity index (χ4n) is 3.89. The minimum atomic E-state index is -3.48. The zero-order valence-electron chi connectivity index (χ0n) is 25.7. The summed E-state index contributed by atoms with van der Waals surface area (Å²) in [6, 6.07) is 9.14. The Morgan fingerprint density at radius 1 is 0.740 bits per heavy atom. The van der Waals surface area contributed by atoms with Crippen molar-refractivity contribution in [2.75, 3.05) is 25.9 Å². The number of nitrogens with zero attached hydrogens (tertiary/aromatic N) is 4. The molecular formula is C28H28F6N6O6S4. The Balaban J connectivity index is 0.000000271. The van der Waals surface area contributed by atoms with E-state index < -0.39 is 72.1 Å². The number of aromatic nitrogens is 4. The van der Waals surface area contributed by atoms with E-state index in [0.29, 0.717) is 21.1 Å². The van der Waals surface area contributed by atoms with Crippen molar-refractivity contribution in [1.82, 2.24) is 31.0 Å². The molecule has 4 rings (SSSR count). The number of aliphatic hydroxyl groups is 2. The first-order valence-electron chi connectivity index (χ1n) is 13.9. The molecule has 0 saturated carbocycles. The average Bonchev–Trinajstić information content (AvgIpc) is 3.80. The van der Waals surface area contributed by atoms with Gasteiger partial charge >= 0.3 is 12.9 Å². The van der Waals surface area contributed by atoms with E-state index in [1.54, 1.807) is 22.8 Å². The lowest BCUT2D eigenvalue weighted by Gasteiger charge is -2.21. The molecule has 4 aromatic rings. The first-order valence-corrected chi connectivity index (χ1v) is 18.6. The largest absolute Gasteiger partial charge is 0.386 e. The van der Waals surface area contributed by atoms with E-state index in [9.17, 15) is 54.6 Å². The van der Waals surface area contributed by atoms with Crippen molar-refractivity contribution >= 4 is 56.1 Å². The molecule has 12 nitrogen and oxygen atoms in total. The van der Waals surface area contributed by atoms with Crippen LogP contribution in [0.3, 0.4) is 0 Å². The predicted octanol–water partition coefficient (Wildman–Crippen LogP) is 4.04. The van der Waals surface area contributed by atoms with Crippen LogP contribution in [0, 0.1) is 0 Å². The summed E-state index contributed by atoms with van der Waals surface area (Å²) in [4.78, 5) is 21.9. The minimum absolute atomic E-state index is 0.149. The van der Waals surface area contributed by atoms with Crippen molar-refractivity contribution in [3.05, 3.63) is 59.7 Å². The Hall–Kier alpha value is -3.70. The molecule has 0 spiro atoms. The third-order valence-electron chi connectivity index (χ3n) is 6.45. The molecule has 4 atom stereocenters. The summed E-state index contributed by atoms with van der Waals surface area (Å²) in [6.07, 6.45) is -6.69. The fraction of sp³-hybridized carbons (Fsp3) is 0.357. The zero-order chi connectivity index (χ0) is 37.2. The summed E-state index contributed by atoms with van der Waals surface area (Å²) in [5, 5.41) is 40.0. The fourth-order valence-corrected chi connectivity index (χ4v) is 6.78. The second-order valence-corrected chi connectivity index (χ2v) is 15.2. The second-order valence-electron chi connectivity index (χ2n) is 10.00. The zero-order valence-corrected chi connectivity index (χ0v) is 29.0. The van der Waals surface area contributed by atoms with Crippen molar-refractivity contribution in [3.63, 3.8) is 0 Å². The van der Waals surface area contributed by atoms with Crippen LogP contribution in [0.15, 0.2) is 57.2 Å². The van der Waals surface area contributed by atoms with Crippen LogP contribution in [0.1, 0.15) is 23.3 Å². The number of rotatable bonds is 14. The maximum atomic E-state index is 13.0. The smallest absolute Gasteiger partial charge is 0.315 e. The molecule has 0 saturated heterocycles. The first-order chi connectivity index (χ1) is 23.6. The van der Waals surface area contributed by atoms with E-state index in [2.05, 4.69) is 20.4 Å². The molecule has 0 unspecified atom stereocenters. The van der Waals surface area contributed by atoms with Gasteiger partial charge in [0.15, 0.2) is 4.34 Å². The summed E-state index contributed by atoms with van der Waals surface area (Å²) in [6.45, 7) is -2.41. The summed E-state index contributed by atoms with van der Waals surface area (Å²) in [5.74, 6) is -3.29. The van der Waals surface area contributed by atoms with Crippen LogP contribution in [0.4, 0.5) is 26.3 Å². The third kappa shape index (κ3) is 11.2. The monoisotopic (exact) mass is 786 g/mol. The van der Waals surface area contributed by atoms with Gasteiger partial charge in [-0.15, -0.1) is 20.4 Å². The molecule has 272 valence electrons. The highest BCUT2D eigenvalue weighted by Gasteiger charge is 2.28. The number of hydrogen-bond acceptors (Lipinski definition) is 13. The lowest BCUT2D eigenvalue weighted by Crippen LogP contribution is -2.43. The van der Waals surface area contributed by atoms with E-state index in [1.165, 1.54) is 59.5 Å². The number of halogens is 6. The molecule has 2 heterocycles. The average molecular weight is 787 g/mol. The number of nitrogens with one attached hydrogen (secondary N) is 2. The third-order valence-corrected chi connectivity index (χ3v) is 11.0. The van der Waals surface area contributed by atoms with E-state index in [1.807, 2.05) is 6.26 Å². The van der Waals surface area contributed by atoms with Gasteiger partial charge in [-0.25, -0.2) is 17.2 Å². The number of amides is 2. The predicted molar refractivity (Wildman–Crippen MR) is 173 cm³/mol. The van der Waals surface area contributed by atoms with Crippen LogP contribution in [0.5, 0.6) is 0 Å². The van der Waals surface area contributed by atoms with E-state index in [4.69, 9.17) is 0 Å². The van der Waals surface area contributed by atoms with Crippen molar-refractivity contribution in [1.29, 1.82) is 0 Å². The molecule has 50 heavy (non-hydrogen) atoms. The molecule has 0 bridgehead atoms. The SMILES string of the molecule is CS(=O)(=O)c1nnc(-c2ccc([C@@H](O)[C@@H](CF)NC(=O)C(F)F)cc2)s1.CSc1nnc(-c2ccc([C@@H](O)[C@@H](CF)NC(=O)C(F)F)cc2)s1. The van der Waals surface area contributed by atoms with E-state index in [0.717, 1.165) is 27.5 Å². The molecule has 22 heteroatoms. The topological polar surface area (TPSA) is 184 Å². The number of alkyl halides is 6. The Morgan fingerprint density at radius 3 is 1.46 bits per heavy atom. The summed E-state index contributed by atoms with van der Waals surface area (Å²) < 4.78 is 98.4. The number of aliphatic hydroxyl groups excluding tert-OH is 2. The maximum Gasteiger partial charge on any atom is 0.315 e. The van der Waals surface area contributed by atoms with Gasteiger partial charge < -0.3 is 20.8 Å². The molecule has 0 aliphatic carbocycles. The highest BCUT2D eigenvalue weighted by Crippen LogP contribution is 2.30. The summed E-state index contributed by atoms with van der Waals surface area (Å²) in [5.41, 5.74) is 1.74. The van der Waals surface area contributed by atoms with Crippen LogP contribution in [0.25, 0.3) is 21.1 Å². The van der Waals surface area contributed by atoms with Crippen LogP contribution < -0.4 is 10.6 Å². The number of hydrogen-bond donors (Lipinski definition) is 4. The van der Waals surface area contributed by atoms with Gasteiger partial charge in [-0.05, 0) is 17.4 Å². The molecule has 0 fully saturated rings. The number of thioether (sulfide) groups is 1. The van der Waals surface area contributed by atoms with Crippen LogP contribution >= 0.6 is 34.4 Å². The molecule has 4 N–H and O–H groups in total. The van der Waals surface area contributed by atoms with Gasteiger partial charge in [0.2, 0.25) is 14.2 Å². The Labute approximate surface area is 293 Å². The van der Waals surface area contributed by atoms with Gasteiger partial charge in [-0.2, -0.15) is 17.6 Å². The first kappa shape index (κ1) is 40.7. The van der Waals surface area contributed by atoms with Gasteiger partial charge in [0.25, 0.3) is 11.8 Å². The molecule has 0 aliphatic rings. The Kier molecular flexibility index (Phi) is 15.1. The molecule has 2 aromatic heterocycles. The summed E-state index contributed by atoms with van der Waals surface area (Å²) in [7, 11) is -3.48. The van der Waals surface area contributed by atoms with Crippen molar-refractivity contribution in [3.8, 4) is 21.1 Å². The minimum Gasteiger partial charge on any atom is -0.386 e. The highest BCUT2D eigenvalue weighted by atomic mass is 32.2. The Bertz CT molecular complexity index is 1820. The van der Waals surface area contributed by atoms with Crippen LogP contribution in [-0.2, 0) is 19.4 Å². The number of carbonyl (C=O) groups is 2. The van der Waals surface area contributed by atoms with Gasteiger partial charge in [0.05, 0.1) is 12.1 Å². The molecule has 2 aromatic carbocycles. The molecular weight excluding hydrogens is 759 g/mol. The highest BCUT2D eigenvalue weighted by molar-refractivity contribution is 8.00. The molecule has 2 amide bonds.